The van der Waals surface area contributed by atoms with E-state index in [2.05, 4.69) is 0 Å². The van der Waals surface area contributed by atoms with Crippen molar-refractivity contribution >= 4 is 0 Å². The molecule has 0 saturated carbocycles. The van der Waals surface area contributed by atoms with Crippen LogP contribution in [0.3, 0.4) is 0 Å². The molecule has 0 heterocycles. The first kappa shape index (κ1) is 13.2. The normalized spacial score (nSPS) is 11.9. The largest absolute Gasteiger partial charge is 0.508 e. The molecular weight excluding hydrogens is 242 g/mol. The molecule has 0 spiro atoms. The van der Waals surface area contributed by atoms with Crippen molar-refractivity contribution in [1.82, 2.24) is 0 Å². The van der Waals surface area contributed by atoms with Gasteiger partial charge in [0.2, 0.25) is 0 Å². The molecule has 0 aliphatic rings. The van der Waals surface area contributed by atoms with Gasteiger partial charge in [0.15, 0.2) is 0 Å². The molecule has 3 N–H and O–H groups in total. The Morgan fingerprint density at radius 3 is 2.16 bits per heavy atom. The standard InChI is InChI=1S/C15H17NO3/c1-18-13-6-8-14(9-7-13)19-10-15(16)11-2-4-12(17)5-3-11/h2-9,15,17H,10,16H2,1H3. The van der Waals surface area contributed by atoms with E-state index < -0.39 is 0 Å². The van der Waals surface area contributed by atoms with E-state index in [4.69, 9.17) is 15.2 Å². The highest BCUT2D eigenvalue weighted by atomic mass is 16.5. The minimum Gasteiger partial charge on any atom is -0.508 e. The van der Waals surface area contributed by atoms with E-state index in [9.17, 15) is 5.11 Å². The second-order valence-corrected chi connectivity index (χ2v) is 4.18. The minimum absolute atomic E-state index is 0.229. The fourth-order valence-electron chi connectivity index (χ4n) is 1.68. The van der Waals surface area contributed by atoms with Crippen molar-refractivity contribution in [2.24, 2.45) is 5.73 Å². The average Bonchev–Trinajstić information content (AvgIpc) is 2.46. The smallest absolute Gasteiger partial charge is 0.119 e. The number of phenols is 1. The quantitative estimate of drug-likeness (QED) is 0.865. The van der Waals surface area contributed by atoms with Gasteiger partial charge in [-0.15, -0.1) is 0 Å². The van der Waals surface area contributed by atoms with Crippen LogP contribution in [0.15, 0.2) is 48.5 Å². The van der Waals surface area contributed by atoms with Crippen LogP contribution in [0, 0.1) is 0 Å². The third-order valence-electron chi connectivity index (χ3n) is 2.81. The molecular formula is C15H17NO3. The number of rotatable bonds is 5. The Morgan fingerprint density at radius 1 is 1.00 bits per heavy atom. The van der Waals surface area contributed by atoms with Crippen molar-refractivity contribution in [2.45, 2.75) is 6.04 Å². The zero-order valence-corrected chi connectivity index (χ0v) is 10.7. The van der Waals surface area contributed by atoms with E-state index in [1.165, 1.54) is 0 Å². The van der Waals surface area contributed by atoms with E-state index in [1.54, 1.807) is 31.4 Å². The molecule has 0 bridgehead atoms. The molecule has 0 aliphatic heterocycles. The van der Waals surface area contributed by atoms with Gasteiger partial charge in [-0.2, -0.15) is 0 Å². The van der Waals surface area contributed by atoms with Gasteiger partial charge in [0.25, 0.3) is 0 Å². The predicted octanol–water partition coefficient (Wildman–Crippen LogP) is 2.48. The van der Waals surface area contributed by atoms with E-state index in [0.29, 0.717) is 6.61 Å². The van der Waals surface area contributed by atoms with Gasteiger partial charge in [0.05, 0.1) is 13.2 Å². The summed E-state index contributed by atoms with van der Waals surface area (Å²) in [6.45, 7) is 0.372. The number of methoxy groups -OCH3 is 1. The summed E-state index contributed by atoms with van der Waals surface area (Å²) in [5, 5.41) is 9.21. The third kappa shape index (κ3) is 3.63. The second-order valence-electron chi connectivity index (χ2n) is 4.18. The van der Waals surface area contributed by atoms with Crippen molar-refractivity contribution in [3.63, 3.8) is 0 Å². The van der Waals surface area contributed by atoms with Crippen LogP contribution in [0.4, 0.5) is 0 Å². The lowest BCUT2D eigenvalue weighted by atomic mass is 10.1. The van der Waals surface area contributed by atoms with E-state index in [1.807, 2.05) is 24.3 Å². The molecule has 2 rings (SSSR count). The van der Waals surface area contributed by atoms with Gasteiger partial charge in [-0.25, -0.2) is 0 Å². The maximum atomic E-state index is 9.21. The fourth-order valence-corrected chi connectivity index (χ4v) is 1.68. The monoisotopic (exact) mass is 259 g/mol. The number of hydrogen-bond donors (Lipinski definition) is 2. The molecule has 1 unspecified atom stereocenters. The van der Waals surface area contributed by atoms with E-state index in [-0.39, 0.29) is 11.8 Å². The van der Waals surface area contributed by atoms with E-state index >= 15 is 0 Å². The number of ether oxygens (including phenoxy) is 2. The number of phenolic OH excluding ortho intramolecular Hbond substituents is 1. The van der Waals surface area contributed by atoms with Crippen LogP contribution in [-0.2, 0) is 0 Å². The lowest BCUT2D eigenvalue weighted by molar-refractivity contribution is 0.290. The summed E-state index contributed by atoms with van der Waals surface area (Å²) >= 11 is 0. The highest BCUT2D eigenvalue weighted by Crippen LogP contribution is 2.19. The minimum atomic E-state index is -0.234. The van der Waals surface area contributed by atoms with Crippen molar-refractivity contribution < 1.29 is 14.6 Å². The van der Waals surface area contributed by atoms with Crippen molar-refractivity contribution in [1.29, 1.82) is 0 Å². The van der Waals surface area contributed by atoms with Gasteiger partial charge in [0, 0.05) is 0 Å². The summed E-state index contributed by atoms with van der Waals surface area (Å²) in [5.41, 5.74) is 6.94. The molecule has 2 aromatic rings. The van der Waals surface area contributed by atoms with Crippen LogP contribution < -0.4 is 15.2 Å². The number of hydrogen-bond acceptors (Lipinski definition) is 4. The van der Waals surface area contributed by atoms with Crippen LogP contribution in [-0.4, -0.2) is 18.8 Å². The SMILES string of the molecule is COc1ccc(OCC(N)c2ccc(O)cc2)cc1. The summed E-state index contributed by atoms with van der Waals surface area (Å²) in [5.74, 6) is 1.76. The molecule has 0 aromatic heterocycles. The zero-order valence-electron chi connectivity index (χ0n) is 10.7. The van der Waals surface area contributed by atoms with Crippen molar-refractivity contribution in [2.75, 3.05) is 13.7 Å². The summed E-state index contributed by atoms with van der Waals surface area (Å²) in [6.07, 6.45) is 0. The van der Waals surface area contributed by atoms with Gasteiger partial charge in [-0.05, 0) is 42.0 Å². The number of nitrogens with two attached hydrogens (primary N) is 1. The number of benzene rings is 2. The van der Waals surface area contributed by atoms with Gasteiger partial charge >= 0.3 is 0 Å². The molecule has 1 atom stereocenters. The lowest BCUT2D eigenvalue weighted by Gasteiger charge is -2.14. The molecule has 100 valence electrons. The Kier molecular flexibility index (Phi) is 4.26. The highest BCUT2D eigenvalue weighted by Gasteiger charge is 2.07. The third-order valence-corrected chi connectivity index (χ3v) is 2.81. The van der Waals surface area contributed by atoms with Gasteiger partial charge < -0.3 is 20.3 Å². The Balaban J connectivity index is 1.92. The first-order valence-corrected chi connectivity index (χ1v) is 6.00. The average molecular weight is 259 g/mol. The highest BCUT2D eigenvalue weighted by molar-refractivity contribution is 5.31. The van der Waals surface area contributed by atoms with Crippen LogP contribution >= 0.6 is 0 Å². The lowest BCUT2D eigenvalue weighted by Crippen LogP contribution is -2.18. The van der Waals surface area contributed by atoms with E-state index in [0.717, 1.165) is 17.1 Å². The van der Waals surface area contributed by atoms with Gasteiger partial charge in [-0.1, -0.05) is 12.1 Å². The zero-order chi connectivity index (χ0) is 13.7. The Bertz CT molecular complexity index is 508. The molecule has 0 radical (unpaired) electrons. The molecule has 2 aromatic carbocycles. The summed E-state index contributed by atoms with van der Waals surface area (Å²) in [4.78, 5) is 0. The first-order valence-electron chi connectivity index (χ1n) is 6.00. The molecule has 0 fully saturated rings. The van der Waals surface area contributed by atoms with Gasteiger partial charge in [-0.3, -0.25) is 0 Å². The summed E-state index contributed by atoms with van der Waals surface area (Å²) in [6, 6.07) is 13.9. The Labute approximate surface area is 112 Å². The molecule has 4 nitrogen and oxygen atoms in total. The first-order chi connectivity index (χ1) is 9.19. The fraction of sp³-hybridized carbons (Fsp3) is 0.200. The predicted molar refractivity (Wildman–Crippen MR) is 73.5 cm³/mol. The Morgan fingerprint density at radius 2 is 1.58 bits per heavy atom. The molecule has 0 amide bonds. The van der Waals surface area contributed by atoms with Crippen LogP contribution in [0.25, 0.3) is 0 Å². The summed E-state index contributed by atoms with van der Waals surface area (Å²) in [7, 11) is 1.62. The summed E-state index contributed by atoms with van der Waals surface area (Å²) < 4.78 is 10.7. The van der Waals surface area contributed by atoms with Gasteiger partial charge in [0.1, 0.15) is 23.9 Å². The molecule has 0 saturated heterocycles. The molecule has 19 heavy (non-hydrogen) atoms. The molecule has 4 heteroatoms. The van der Waals surface area contributed by atoms with Crippen molar-refractivity contribution in [3.8, 4) is 17.2 Å². The second kappa shape index (κ2) is 6.11. The van der Waals surface area contributed by atoms with Crippen molar-refractivity contribution in [3.05, 3.63) is 54.1 Å². The van der Waals surface area contributed by atoms with Crippen LogP contribution in [0.2, 0.25) is 0 Å². The number of aromatic hydroxyl groups is 1. The Hall–Kier alpha value is -2.20. The van der Waals surface area contributed by atoms with Crippen LogP contribution in [0.5, 0.6) is 17.2 Å². The maximum absolute atomic E-state index is 9.21. The molecule has 0 aliphatic carbocycles. The maximum Gasteiger partial charge on any atom is 0.119 e. The van der Waals surface area contributed by atoms with Crippen LogP contribution in [0.1, 0.15) is 11.6 Å². The topological polar surface area (TPSA) is 64.7 Å².